The van der Waals surface area contributed by atoms with Crippen molar-refractivity contribution in [3.05, 3.63) is 12.7 Å². The van der Waals surface area contributed by atoms with Crippen molar-refractivity contribution in [2.75, 3.05) is 0 Å². The predicted molar refractivity (Wildman–Crippen MR) is 50.9 cm³/mol. The molecule has 12 heavy (non-hydrogen) atoms. The largest absolute Gasteiger partial charge is 0.299 e. The number of carbonyl (C=O) groups excluding carboxylic acids is 1. The van der Waals surface area contributed by atoms with E-state index in [0.29, 0.717) is 17.6 Å². The Bertz CT molecular complexity index is 172. The van der Waals surface area contributed by atoms with Gasteiger partial charge in [-0.05, 0) is 25.2 Å². The first-order valence-electron chi connectivity index (χ1n) is 4.93. The van der Waals surface area contributed by atoms with Crippen LogP contribution in [0.2, 0.25) is 0 Å². The van der Waals surface area contributed by atoms with Crippen molar-refractivity contribution in [1.82, 2.24) is 0 Å². The van der Waals surface area contributed by atoms with E-state index in [-0.39, 0.29) is 0 Å². The topological polar surface area (TPSA) is 17.1 Å². The normalized spacial score (nSPS) is 30.2. The van der Waals surface area contributed by atoms with Crippen LogP contribution in [0.5, 0.6) is 0 Å². The van der Waals surface area contributed by atoms with E-state index in [9.17, 15) is 4.79 Å². The molecule has 0 spiro atoms. The highest BCUT2D eigenvalue weighted by Gasteiger charge is 2.28. The van der Waals surface area contributed by atoms with Crippen molar-refractivity contribution in [3.63, 3.8) is 0 Å². The Hall–Kier alpha value is -0.590. The maximum atomic E-state index is 11.5. The first-order valence-corrected chi connectivity index (χ1v) is 4.93. The number of Topliss-reactive ketones (excluding diaryl/α,β-unsaturated/α-hetero) is 1. The molecule has 0 unspecified atom stereocenters. The van der Waals surface area contributed by atoms with Gasteiger partial charge in [-0.15, -0.1) is 6.58 Å². The van der Waals surface area contributed by atoms with Gasteiger partial charge in [0, 0.05) is 12.3 Å². The maximum Gasteiger partial charge on any atom is 0.136 e. The zero-order valence-corrected chi connectivity index (χ0v) is 7.88. The highest BCUT2D eigenvalue weighted by molar-refractivity contribution is 5.82. The molecule has 1 aliphatic carbocycles. The van der Waals surface area contributed by atoms with Crippen LogP contribution < -0.4 is 0 Å². The second kappa shape index (κ2) is 4.44. The Morgan fingerprint density at radius 1 is 1.67 bits per heavy atom. The summed E-state index contributed by atoms with van der Waals surface area (Å²) in [6.45, 7) is 5.89. The number of hydrogen-bond acceptors (Lipinski definition) is 1. The fraction of sp³-hybridized carbons (Fsp3) is 0.727. The van der Waals surface area contributed by atoms with E-state index >= 15 is 0 Å². The Morgan fingerprint density at radius 3 is 3.00 bits per heavy atom. The molecular weight excluding hydrogens is 148 g/mol. The van der Waals surface area contributed by atoms with Crippen molar-refractivity contribution < 1.29 is 4.79 Å². The van der Waals surface area contributed by atoms with Crippen LogP contribution in [0, 0.1) is 11.8 Å². The van der Waals surface area contributed by atoms with Crippen LogP contribution in [0.3, 0.4) is 0 Å². The minimum absolute atomic E-state index is 0.293. The summed E-state index contributed by atoms with van der Waals surface area (Å²) in [6.07, 6.45) is 7.05. The molecule has 1 fully saturated rings. The van der Waals surface area contributed by atoms with Crippen molar-refractivity contribution in [2.24, 2.45) is 11.8 Å². The minimum Gasteiger partial charge on any atom is -0.299 e. The predicted octanol–water partition coefficient (Wildman–Crippen LogP) is 2.96. The quantitative estimate of drug-likeness (QED) is 0.589. The van der Waals surface area contributed by atoms with E-state index in [1.165, 1.54) is 6.42 Å². The first-order chi connectivity index (χ1) is 5.79. The van der Waals surface area contributed by atoms with Crippen LogP contribution in [-0.4, -0.2) is 5.78 Å². The summed E-state index contributed by atoms with van der Waals surface area (Å²) < 4.78 is 0. The number of hydrogen-bond donors (Lipinski definition) is 0. The summed E-state index contributed by atoms with van der Waals surface area (Å²) in [5.41, 5.74) is 0. The number of ketones is 1. The van der Waals surface area contributed by atoms with Crippen LogP contribution in [-0.2, 0) is 4.79 Å². The number of allylic oxidation sites excluding steroid dienone is 1. The van der Waals surface area contributed by atoms with Gasteiger partial charge in [0.1, 0.15) is 5.78 Å². The Balaban J connectivity index is 2.58. The van der Waals surface area contributed by atoms with Crippen LogP contribution in [0.25, 0.3) is 0 Å². The van der Waals surface area contributed by atoms with Gasteiger partial charge in [-0.1, -0.05) is 19.4 Å². The SMILES string of the molecule is C=CC[C@H]1C(=O)CCC[C@H]1CC. The summed E-state index contributed by atoms with van der Waals surface area (Å²) in [5, 5.41) is 0. The van der Waals surface area contributed by atoms with E-state index in [1.54, 1.807) is 0 Å². The lowest BCUT2D eigenvalue weighted by Gasteiger charge is -2.28. The highest BCUT2D eigenvalue weighted by atomic mass is 16.1. The molecule has 0 heterocycles. The lowest BCUT2D eigenvalue weighted by atomic mass is 9.75. The van der Waals surface area contributed by atoms with Crippen LogP contribution in [0.1, 0.15) is 39.0 Å². The van der Waals surface area contributed by atoms with Crippen molar-refractivity contribution >= 4 is 5.78 Å². The summed E-state index contributed by atoms with van der Waals surface area (Å²) in [6, 6.07) is 0. The minimum atomic E-state index is 0.293. The molecule has 0 aromatic heterocycles. The lowest BCUT2D eigenvalue weighted by Crippen LogP contribution is -2.27. The Labute approximate surface area is 74.9 Å². The number of rotatable bonds is 3. The molecule has 0 aromatic rings. The highest BCUT2D eigenvalue weighted by Crippen LogP contribution is 2.31. The monoisotopic (exact) mass is 166 g/mol. The second-order valence-corrected chi connectivity index (χ2v) is 3.66. The smallest absolute Gasteiger partial charge is 0.136 e. The van der Waals surface area contributed by atoms with E-state index in [0.717, 1.165) is 25.7 Å². The fourth-order valence-corrected chi connectivity index (χ4v) is 2.18. The first kappa shape index (κ1) is 9.50. The van der Waals surface area contributed by atoms with E-state index in [1.807, 2.05) is 6.08 Å². The molecule has 2 atom stereocenters. The third kappa shape index (κ3) is 1.96. The molecule has 0 radical (unpaired) electrons. The maximum absolute atomic E-state index is 11.5. The van der Waals surface area contributed by atoms with E-state index in [2.05, 4.69) is 13.5 Å². The molecule has 1 rings (SSSR count). The molecule has 0 N–H and O–H groups in total. The average Bonchev–Trinajstić information content (AvgIpc) is 2.09. The van der Waals surface area contributed by atoms with Crippen molar-refractivity contribution in [1.29, 1.82) is 0 Å². The van der Waals surface area contributed by atoms with Gasteiger partial charge in [-0.2, -0.15) is 0 Å². The Kier molecular flexibility index (Phi) is 3.51. The summed E-state index contributed by atoms with van der Waals surface area (Å²) in [7, 11) is 0. The average molecular weight is 166 g/mol. The molecule has 0 bridgehead atoms. The van der Waals surface area contributed by atoms with E-state index in [4.69, 9.17) is 0 Å². The molecule has 68 valence electrons. The van der Waals surface area contributed by atoms with E-state index < -0.39 is 0 Å². The van der Waals surface area contributed by atoms with Crippen molar-refractivity contribution in [2.45, 2.75) is 39.0 Å². The summed E-state index contributed by atoms with van der Waals surface area (Å²) in [4.78, 5) is 11.5. The van der Waals surface area contributed by atoms with Gasteiger partial charge in [-0.25, -0.2) is 0 Å². The zero-order chi connectivity index (χ0) is 8.97. The molecule has 1 saturated carbocycles. The Morgan fingerprint density at radius 2 is 2.42 bits per heavy atom. The van der Waals surface area contributed by atoms with Gasteiger partial charge >= 0.3 is 0 Å². The second-order valence-electron chi connectivity index (χ2n) is 3.66. The van der Waals surface area contributed by atoms with Crippen molar-refractivity contribution in [3.8, 4) is 0 Å². The third-order valence-corrected chi connectivity index (χ3v) is 2.93. The molecule has 1 aliphatic rings. The molecule has 0 aliphatic heterocycles. The molecule has 0 aromatic carbocycles. The molecular formula is C11H18O. The van der Waals surface area contributed by atoms with Crippen LogP contribution in [0.4, 0.5) is 0 Å². The van der Waals surface area contributed by atoms with Gasteiger partial charge in [0.05, 0.1) is 0 Å². The molecule has 1 nitrogen and oxygen atoms in total. The zero-order valence-electron chi connectivity index (χ0n) is 7.88. The van der Waals surface area contributed by atoms with Crippen LogP contribution in [0.15, 0.2) is 12.7 Å². The lowest BCUT2D eigenvalue weighted by molar-refractivity contribution is -0.126. The standard InChI is InChI=1S/C11H18O/c1-3-6-10-9(4-2)7-5-8-11(10)12/h3,9-10H,1,4-8H2,2H3/t9-,10-/m1/s1. The molecule has 0 amide bonds. The van der Waals surface area contributed by atoms with Gasteiger partial charge in [0.25, 0.3) is 0 Å². The summed E-state index contributed by atoms with van der Waals surface area (Å²) >= 11 is 0. The number of carbonyl (C=O) groups is 1. The van der Waals surface area contributed by atoms with Gasteiger partial charge in [0.2, 0.25) is 0 Å². The van der Waals surface area contributed by atoms with Gasteiger partial charge in [-0.3, -0.25) is 4.79 Å². The van der Waals surface area contributed by atoms with Crippen LogP contribution >= 0.6 is 0 Å². The summed E-state index contributed by atoms with van der Waals surface area (Å²) in [5.74, 6) is 1.39. The van der Waals surface area contributed by atoms with Gasteiger partial charge < -0.3 is 0 Å². The fourth-order valence-electron chi connectivity index (χ4n) is 2.18. The van der Waals surface area contributed by atoms with Gasteiger partial charge in [0.15, 0.2) is 0 Å². The molecule has 0 saturated heterocycles. The molecule has 1 heteroatoms. The third-order valence-electron chi connectivity index (χ3n) is 2.93.